The molecule has 1 unspecified atom stereocenters. The Morgan fingerprint density at radius 2 is 1.96 bits per heavy atom. The van der Waals surface area contributed by atoms with Crippen LogP contribution in [0.3, 0.4) is 0 Å². The van der Waals surface area contributed by atoms with Gasteiger partial charge in [0.05, 0.1) is 17.9 Å². The Labute approximate surface area is 155 Å². The van der Waals surface area contributed by atoms with E-state index in [4.69, 9.17) is 0 Å². The Balaban J connectivity index is 1.73. The summed E-state index contributed by atoms with van der Waals surface area (Å²) in [4.78, 5) is 20.3. The van der Waals surface area contributed by atoms with Gasteiger partial charge in [0, 0.05) is 23.7 Å². The van der Waals surface area contributed by atoms with E-state index in [1.807, 2.05) is 67.9 Å². The molecule has 0 radical (unpaired) electrons. The second kappa shape index (κ2) is 6.72. The van der Waals surface area contributed by atoms with Crippen LogP contribution < -0.4 is 0 Å². The minimum absolute atomic E-state index is 0.00486. The predicted molar refractivity (Wildman–Crippen MR) is 103 cm³/mol. The fraction of sp³-hybridized carbons (Fsp3) is 0.150. The standard InChI is InChI=1S/C20H18N4OS/c1-14(18-9-6-12-26-18)23(2)20(25)16-13-22-24-17(10-11-21-19(16)24)15-7-4-3-5-8-15/h3-14H,1-2H3. The summed E-state index contributed by atoms with van der Waals surface area (Å²) in [5, 5.41) is 6.45. The molecule has 26 heavy (non-hydrogen) atoms. The normalized spacial score (nSPS) is 12.2. The lowest BCUT2D eigenvalue weighted by atomic mass is 10.1. The van der Waals surface area contributed by atoms with Crippen molar-refractivity contribution in [2.75, 3.05) is 7.05 Å². The van der Waals surface area contributed by atoms with Crippen molar-refractivity contribution in [2.45, 2.75) is 13.0 Å². The third-order valence-corrected chi connectivity index (χ3v) is 5.60. The Hall–Kier alpha value is -2.99. The maximum Gasteiger partial charge on any atom is 0.259 e. The van der Waals surface area contributed by atoms with Crippen molar-refractivity contribution in [1.82, 2.24) is 19.5 Å². The number of nitrogens with zero attached hydrogens (tertiary/aromatic N) is 4. The molecule has 1 atom stereocenters. The maximum absolute atomic E-state index is 13.0. The van der Waals surface area contributed by atoms with Crippen molar-refractivity contribution in [3.05, 3.63) is 76.7 Å². The number of carbonyl (C=O) groups excluding carboxylic acids is 1. The summed E-state index contributed by atoms with van der Waals surface area (Å²) in [6, 6.07) is 15.9. The van der Waals surface area contributed by atoms with Crippen molar-refractivity contribution in [3.8, 4) is 11.3 Å². The van der Waals surface area contributed by atoms with E-state index in [0.717, 1.165) is 16.1 Å². The maximum atomic E-state index is 13.0. The van der Waals surface area contributed by atoms with E-state index in [9.17, 15) is 4.79 Å². The van der Waals surface area contributed by atoms with Gasteiger partial charge in [-0.15, -0.1) is 11.3 Å². The van der Waals surface area contributed by atoms with Crippen LogP contribution in [0.2, 0.25) is 0 Å². The highest BCUT2D eigenvalue weighted by atomic mass is 32.1. The third-order valence-electron chi connectivity index (χ3n) is 4.56. The summed E-state index contributed by atoms with van der Waals surface area (Å²) in [6.07, 6.45) is 3.33. The minimum atomic E-state index is -0.0846. The Morgan fingerprint density at radius 1 is 1.15 bits per heavy atom. The summed E-state index contributed by atoms with van der Waals surface area (Å²) in [7, 11) is 1.82. The molecule has 0 aliphatic heterocycles. The molecule has 0 saturated heterocycles. The van der Waals surface area contributed by atoms with Crippen LogP contribution in [0.4, 0.5) is 0 Å². The molecule has 0 N–H and O–H groups in total. The summed E-state index contributed by atoms with van der Waals surface area (Å²) in [5.41, 5.74) is 3.01. The van der Waals surface area contributed by atoms with Crippen LogP contribution in [0.1, 0.15) is 28.2 Å². The van der Waals surface area contributed by atoms with Gasteiger partial charge in [0.15, 0.2) is 5.65 Å². The highest BCUT2D eigenvalue weighted by Crippen LogP contribution is 2.26. The highest BCUT2D eigenvalue weighted by Gasteiger charge is 2.23. The smallest absolute Gasteiger partial charge is 0.259 e. The number of thiophene rings is 1. The van der Waals surface area contributed by atoms with Crippen molar-refractivity contribution >= 4 is 22.9 Å². The predicted octanol–water partition coefficient (Wildman–Crippen LogP) is 4.29. The molecule has 5 nitrogen and oxygen atoms in total. The Morgan fingerprint density at radius 3 is 2.69 bits per heavy atom. The molecule has 130 valence electrons. The first-order valence-electron chi connectivity index (χ1n) is 8.35. The number of hydrogen-bond donors (Lipinski definition) is 0. The van der Waals surface area contributed by atoms with Gasteiger partial charge < -0.3 is 4.90 Å². The van der Waals surface area contributed by atoms with Crippen LogP contribution in [-0.2, 0) is 0 Å². The van der Waals surface area contributed by atoms with Gasteiger partial charge >= 0.3 is 0 Å². The molecule has 4 rings (SSSR count). The average molecular weight is 362 g/mol. The average Bonchev–Trinajstić information content (AvgIpc) is 3.36. The van der Waals surface area contributed by atoms with Crippen LogP contribution in [0.5, 0.6) is 0 Å². The SMILES string of the molecule is CC(c1cccs1)N(C)C(=O)c1cnn2c(-c3ccccc3)ccnc12. The molecule has 3 heterocycles. The lowest BCUT2D eigenvalue weighted by Gasteiger charge is -2.23. The first-order chi connectivity index (χ1) is 12.7. The first kappa shape index (κ1) is 16.5. The van der Waals surface area contributed by atoms with Crippen molar-refractivity contribution in [3.63, 3.8) is 0 Å². The molecule has 0 fully saturated rings. The molecule has 1 aromatic carbocycles. The van der Waals surface area contributed by atoms with Crippen molar-refractivity contribution < 1.29 is 4.79 Å². The largest absolute Gasteiger partial charge is 0.334 e. The van der Waals surface area contributed by atoms with E-state index >= 15 is 0 Å². The van der Waals surface area contributed by atoms with Crippen LogP contribution in [0.15, 0.2) is 66.3 Å². The monoisotopic (exact) mass is 362 g/mol. The second-order valence-electron chi connectivity index (χ2n) is 6.10. The third kappa shape index (κ3) is 2.78. The van der Waals surface area contributed by atoms with Gasteiger partial charge in [0.1, 0.15) is 5.56 Å². The van der Waals surface area contributed by atoms with Crippen molar-refractivity contribution in [2.24, 2.45) is 0 Å². The van der Waals surface area contributed by atoms with Gasteiger partial charge in [-0.25, -0.2) is 9.50 Å². The van der Waals surface area contributed by atoms with E-state index in [1.165, 1.54) is 0 Å². The van der Waals surface area contributed by atoms with Crippen LogP contribution in [-0.4, -0.2) is 32.5 Å². The number of rotatable bonds is 4. The molecule has 6 heteroatoms. The van der Waals surface area contributed by atoms with Gasteiger partial charge in [-0.1, -0.05) is 36.4 Å². The number of hydrogen-bond acceptors (Lipinski definition) is 4. The zero-order chi connectivity index (χ0) is 18.1. The summed E-state index contributed by atoms with van der Waals surface area (Å²) >= 11 is 1.65. The lowest BCUT2D eigenvalue weighted by molar-refractivity contribution is 0.0746. The fourth-order valence-corrected chi connectivity index (χ4v) is 3.78. The number of amides is 1. The molecule has 0 aliphatic carbocycles. The molecule has 0 saturated carbocycles. The fourth-order valence-electron chi connectivity index (χ4n) is 2.96. The quantitative estimate of drug-likeness (QED) is 0.544. The van der Waals surface area contributed by atoms with E-state index in [1.54, 1.807) is 33.1 Å². The van der Waals surface area contributed by atoms with E-state index in [0.29, 0.717) is 11.2 Å². The minimum Gasteiger partial charge on any atom is -0.334 e. The summed E-state index contributed by atoms with van der Waals surface area (Å²) in [5.74, 6) is -0.0846. The topological polar surface area (TPSA) is 50.5 Å². The number of carbonyl (C=O) groups is 1. The highest BCUT2D eigenvalue weighted by molar-refractivity contribution is 7.10. The molecule has 0 spiro atoms. The van der Waals surface area contributed by atoms with E-state index in [-0.39, 0.29) is 11.9 Å². The number of benzene rings is 1. The van der Waals surface area contributed by atoms with E-state index in [2.05, 4.69) is 10.1 Å². The number of aromatic nitrogens is 3. The zero-order valence-electron chi connectivity index (χ0n) is 14.5. The van der Waals surface area contributed by atoms with Crippen LogP contribution in [0.25, 0.3) is 16.9 Å². The second-order valence-corrected chi connectivity index (χ2v) is 7.08. The summed E-state index contributed by atoms with van der Waals surface area (Å²) < 4.78 is 1.73. The van der Waals surface area contributed by atoms with E-state index < -0.39 is 0 Å². The van der Waals surface area contributed by atoms with Gasteiger partial charge in [-0.05, 0) is 24.4 Å². The Bertz CT molecular complexity index is 1040. The van der Waals surface area contributed by atoms with Gasteiger partial charge in [-0.2, -0.15) is 5.10 Å². The van der Waals surface area contributed by atoms with Gasteiger partial charge in [-0.3, -0.25) is 4.79 Å². The molecule has 3 aromatic heterocycles. The van der Waals surface area contributed by atoms with Crippen molar-refractivity contribution in [1.29, 1.82) is 0 Å². The molecule has 4 aromatic rings. The molecule has 0 bridgehead atoms. The van der Waals surface area contributed by atoms with Gasteiger partial charge in [0.25, 0.3) is 5.91 Å². The molecule has 0 aliphatic rings. The van der Waals surface area contributed by atoms with Crippen LogP contribution >= 0.6 is 11.3 Å². The van der Waals surface area contributed by atoms with Gasteiger partial charge in [0.2, 0.25) is 0 Å². The molecular weight excluding hydrogens is 344 g/mol. The molecular formula is C20H18N4OS. The van der Waals surface area contributed by atoms with Crippen LogP contribution in [0, 0.1) is 0 Å². The molecule has 1 amide bonds. The number of fused-ring (bicyclic) bond motifs is 1. The summed E-state index contributed by atoms with van der Waals surface area (Å²) in [6.45, 7) is 2.03. The first-order valence-corrected chi connectivity index (χ1v) is 9.23. The zero-order valence-corrected chi connectivity index (χ0v) is 15.4. The Kier molecular flexibility index (Phi) is 4.26. The lowest BCUT2D eigenvalue weighted by Crippen LogP contribution is -2.29.